The van der Waals surface area contributed by atoms with Gasteiger partial charge in [-0.15, -0.1) is 0 Å². The van der Waals surface area contributed by atoms with E-state index in [1.54, 1.807) is 6.07 Å². The molecule has 0 radical (unpaired) electrons. The number of nitrogens with one attached hydrogen (secondary N) is 1. The van der Waals surface area contributed by atoms with E-state index in [9.17, 15) is 14.0 Å². The number of aromatic carboxylic acids is 1. The number of carbonyl (C=O) groups is 1. The van der Waals surface area contributed by atoms with Crippen LogP contribution in [-0.4, -0.2) is 35.2 Å². The lowest BCUT2D eigenvalue weighted by molar-refractivity contribution is 0.0695. The van der Waals surface area contributed by atoms with Crippen LogP contribution in [0.1, 0.15) is 23.2 Å². The standard InChI is InChI=1S/C16H16FN3O3/c17-10-3-8-11(19-5-9(14(8)21)15(22)23)4-12(10)20-6-13(18)16(7-20)1-2-16/h3-5,13H,1-2,6-7,18H2,(H,19,21)(H,22,23). The third-order valence-electron chi connectivity index (χ3n) is 5.12. The molecule has 4 rings (SSSR count). The summed E-state index contributed by atoms with van der Waals surface area (Å²) in [5.74, 6) is -1.87. The number of benzene rings is 1. The predicted molar refractivity (Wildman–Crippen MR) is 83.3 cm³/mol. The van der Waals surface area contributed by atoms with E-state index < -0.39 is 22.8 Å². The summed E-state index contributed by atoms with van der Waals surface area (Å²) in [5.41, 5.74) is 6.00. The van der Waals surface area contributed by atoms with Crippen molar-refractivity contribution in [1.29, 1.82) is 0 Å². The normalized spacial score (nSPS) is 22.0. The second-order valence-corrected chi connectivity index (χ2v) is 6.54. The Morgan fingerprint density at radius 1 is 1.43 bits per heavy atom. The fraction of sp³-hybridized carbons (Fsp3) is 0.375. The third-order valence-corrected chi connectivity index (χ3v) is 5.12. The van der Waals surface area contributed by atoms with Crippen LogP contribution in [0.3, 0.4) is 0 Å². The number of hydrogen-bond acceptors (Lipinski definition) is 4. The number of carboxylic acid groups (broad SMARTS) is 1. The number of nitrogens with two attached hydrogens (primary N) is 1. The van der Waals surface area contributed by atoms with Crippen LogP contribution in [0.5, 0.6) is 0 Å². The van der Waals surface area contributed by atoms with Crippen LogP contribution in [0.15, 0.2) is 23.1 Å². The Bertz CT molecular complexity index is 888. The number of halogens is 1. The Kier molecular flexibility index (Phi) is 2.81. The zero-order valence-electron chi connectivity index (χ0n) is 12.3. The number of fused-ring (bicyclic) bond motifs is 1. The molecule has 1 aromatic carbocycles. The number of rotatable bonds is 2. The number of carboxylic acids is 1. The first kappa shape index (κ1) is 14.2. The summed E-state index contributed by atoms with van der Waals surface area (Å²) < 4.78 is 14.5. The number of aromatic amines is 1. The average molecular weight is 317 g/mol. The first-order valence-corrected chi connectivity index (χ1v) is 7.50. The molecule has 6 nitrogen and oxygen atoms in total. The van der Waals surface area contributed by atoms with E-state index in [2.05, 4.69) is 4.98 Å². The highest BCUT2D eigenvalue weighted by Crippen LogP contribution is 2.52. The van der Waals surface area contributed by atoms with E-state index in [1.807, 2.05) is 4.90 Å². The van der Waals surface area contributed by atoms with Gasteiger partial charge in [-0.3, -0.25) is 4.79 Å². The van der Waals surface area contributed by atoms with Crippen molar-refractivity contribution in [2.24, 2.45) is 11.1 Å². The number of aromatic nitrogens is 1. The van der Waals surface area contributed by atoms with Gasteiger partial charge in [0.05, 0.1) is 11.2 Å². The van der Waals surface area contributed by atoms with E-state index in [4.69, 9.17) is 10.8 Å². The fourth-order valence-electron chi connectivity index (χ4n) is 3.50. The Hall–Kier alpha value is -2.41. The van der Waals surface area contributed by atoms with Gasteiger partial charge in [-0.05, 0) is 25.0 Å². The lowest BCUT2D eigenvalue weighted by Crippen LogP contribution is -2.30. The molecular formula is C16H16FN3O3. The van der Waals surface area contributed by atoms with Gasteiger partial charge in [-0.25, -0.2) is 9.18 Å². The SMILES string of the molecule is NC1CN(c2cc3[nH]cc(C(=O)O)c(=O)c3cc2F)CC12CC2. The summed E-state index contributed by atoms with van der Waals surface area (Å²) in [7, 11) is 0. The van der Waals surface area contributed by atoms with Gasteiger partial charge in [0.2, 0.25) is 5.43 Å². The van der Waals surface area contributed by atoms with E-state index in [-0.39, 0.29) is 16.8 Å². The molecule has 1 aromatic heterocycles. The lowest BCUT2D eigenvalue weighted by Gasteiger charge is -2.19. The number of H-pyrrole nitrogens is 1. The van der Waals surface area contributed by atoms with Gasteiger partial charge in [-0.1, -0.05) is 0 Å². The smallest absolute Gasteiger partial charge is 0.341 e. The van der Waals surface area contributed by atoms with Crippen LogP contribution in [-0.2, 0) is 0 Å². The minimum atomic E-state index is -1.33. The molecule has 1 atom stereocenters. The maximum absolute atomic E-state index is 14.5. The molecule has 1 aliphatic carbocycles. The molecule has 1 saturated heterocycles. The first-order valence-electron chi connectivity index (χ1n) is 7.50. The van der Waals surface area contributed by atoms with Crippen LogP contribution < -0.4 is 16.1 Å². The van der Waals surface area contributed by atoms with Crippen LogP contribution in [0.4, 0.5) is 10.1 Å². The number of anilines is 1. The molecular weight excluding hydrogens is 301 g/mol. The number of pyridine rings is 1. The van der Waals surface area contributed by atoms with Gasteiger partial charge < -0.3 is 20.7 Å². The molecule has 4 N–H and O–H groups in total. The van der Waals surface area contributed by atoms with Crippen LogP contribution in [0, 0.1) is 11.2 Å². The molecule has 1 spiro atoms. The van der Waals surface area contributed by atoms with Crippen LogP contribution in [0.2, 0.25) is 0 Å². The van der Waals surface area contributed by atoms with Crippen molar-refractivity contribution in [1.82, 2.24) is 4.98 Å². The highest BCUT2D eigenvalue weighted by molar-refractivity contribution is 5.93. The summed E-state index contributed by atoms with van der Waals surface area (Å²) in [6, 6.07) is 2.71. The van der Waals surface area contributed by atoms with Crippen molar-refractivity contribution in [3.63, 3.8) is 0 Å². The zero-order chi connectivity index (χ0) is 16.4. The number of nitrogens with zero attached hydrogens (tertiary/aromatic N) is 1. The van der Waals surface area contributed by atoms with Crippen LogP contribution >= 0.6 is 0 Å². The van der Waals surface area contributed by atoms with Gasteiger partial charge in [0.1, 0.15) is 11.4 Å². The van der Waals surface area contributed by atoms with Crippen LogP contribution in [0.25, 0.3) is 10.9 Å². The zero-order valence-corrected chi connectivity index (χ0v) is 12.3. The molecule has 1 unspecified atom stereocenters. The van der Waals surface area contributed by atoms with Gasteiger partial charge in [-0.2, -0.15) is 0 Å². The highest BCUT2D eigenvalue weighted by atomic mass is 19.1. The predicted octanol–water partition coefficient (Wildman–Crippen LogP) is 1.29. The molecule has 2 aliphatic rings. The molecule has 23 heavy (non-hydrogen) atoms. The van der Waals surface area contributed by atoms with E-state index in [0.29, 0.717) is 24.3 Å². The highest BCUT2D eigenvalue weighted by Gasteiger charge is 2.53. The van der Waals surface area contributed by atoms with Gasteiger partial charge in [0.15, 0.2) is 0 Å². The largest absolute Gasteiger partial charge is 0.477 e. The Labute approximate surface area is 130 Å². The van der Waals surface area contributed by atoms with E-state index >= 15 is 0 Å². The molecule has 2 aromatic rings. The van der Waals surface area contributed by atoms with Crippen molar-refractivity contribution in [3.05, 3.63) is 39.9 Å². The molecule has 0 bridgehead atoms. The molecule has 120 valence electrons. The Morgan fingerprint density at radius 2 is 2.17 bits per heavy atom. The van der Waals surface area contributed by atoms with Gasteiger partial charge >= 0.3 is 5.97 Å². The van der Waals surface area contributed by atoms with Crippen molar-refractivity contribution >= 4 is 22.6 Å². The molecule has 1 aliphatic heterocycles. The summed E-state index contributed by atoms with van der Waals surface area (Å²) >= 11 is 0. The minimum Gasteiger partial charge on any atom is -0.477 e. The summed E-state index contributed by atoms with van der Waals surface area (Å²) in [5, 5.41) is 9.02. The molecule has 0 amide bonds. The summed E-state index contributed by atoms with van der Waals surface area (Å²) in [6.45, 7) is 1.30. The molecule has 2 fully saturated rings. The average Bonchev–Trinajstić information content (AvgIpc) is 3.20. The second-order valence-electron chi connectivity index (χ2n) is 6.54. The summed E-state index contributed by atoms with van der Waals surface area (Å²) in [6.07, 6.45) is 3.28. The summed E-state index contributed by atoms with van der Waals surface area (Å²) in [4.78, 5) is 27.8. The van der Waals surface area contributed by atoms with Crippen molar-refractivity contribution in [2.45, 2.75) is 18.9 Å². The topological polar surface area (TPSA) is 99.4 Å². The minimum absolute atomic E-state index is 0.0334. The first-order chi connectivity index (χ1) is 10.9. The monoisotopic (exact) mass is 317 g/mol. The fourth-order valence-corrected chi connectivity index (χ4v) is 3.50. The molecule has 2 heterocycles. The third kappa shape index (κ3) is 2.03. The molecule has 7 heteroatoms. The second kappa shape index (κ2) is 4.55. The maximum atomic E-state index is 14.5. The van der Waals surface area contributed by atoms with Crippen molar-refractivity contribution < 1.29 is 14.3 Å². The maximum Gasteiger partial charge on any atom is 0.341 e. The van der Waals surface area contributed by atoms with E-state index in [0.717, 1.165) is 25.1 Å². The Morgan fingerprint density at radius 3 is 2.78 bits per heavy atom. The van der Waals surface area contributed by atoms with Gasteiger partial charge in [0.25, 0.3) is 0 Å². The van der Waals surface area contributed by atoms with Crippen molar-refractivity contribution in [2.75, 3.05) is 18.0 Å². The lowest BCUT2D eigenvalue weighted by atomic mass is 10.0. The number of hydrogen-bond donors (Lipinski definition) is 3. The van der Waals surface area contributed by atoms with Crippen molar-refractivity contribution in [3.8, 4) is 0 Å². The Balaban J connectivity index is 1.81. The quantitative estimate of drug-likeness (QED) is 0.775. The van der Waals surface area contributed by atoms with E-state index in [1.165, 1.54) is 0 Å². The molecule has 1 saturated carbocycles. The van der Waals surface area contributed by atoms with Gasteiger partial charge in [0, 0.05) is 36.1 Å².